The quantitative estimate of drug-likeness (QED) is 0.870. The molecule has 0 unspecified atom stereocenters. The lowest BCUT2D eigenvalue weighted by molar-refractivity contribution is -0.677. The van der Waals surface area contributed by atoms with E-state index in [1.54, 1.807) is 7.11 Å². The van der Waals surface area contributed by atoms with Gasteiger partial charge in [-0.25, -0.2) is 0 Å². The average molecular weight is 296 g/mol. The van der Waals surface area contributed by atoms with E-state index in [-0.39, 0.29) is 0 Å². The summed E-state index contributed by atoms with van der Waals surface area (Å²) in [4.78, 5) is 0. The topological polar surface area (TPSA) is 25.8 Å². The maximum atomic E-state index is 5.22. The number of hydrogen-bond donors (Lipinski definition) is 1. The molecule has 0 radical (unpaired) electrons. The fourth-order valence-electron chi connectivity index (χ4n) is 3.73. The zero-order chi connectivity index (χ0) is 15.3. The van der Waals surface area contributed by atoms with Crippen molar-refractivity contribution in [3.8, 4) is 5.75 Å². The molecule has 1 saturated carbocycles. The standard InChI is InChI=1S/C20H25NO/c1-22-19-11-9-17(10-12-19)15-21-16-20(13-5-6-14-20)18-7-3-2-4-8-18/h2-4,7-12,21H,5-6,13-16H2,1H3/p+1. The van der Waals surface area contributed by atoms with E-state index in [1.165, 1.54) is 43.4 Å². The maximum Gasteiger partial charge on any atom is 0.118 e. The van der Waals surface area contributed by atoms with Crippen molar-refractivity contribution in [1.82, 2.24) is 0 Å². The van der Waals surface area contributed by atoms with Crippen LogP contribution in [0.2, 0.25) is 0 Å². The van der Waals surface area contributed by atoms with Gasteiger partial charge in [-0.3, -0.25) is 0 Å². The van der Waals surface area contributed by atoms with Gasteiger partial charge in [-0.1, -0.05) is 43.2 Å². The van der Waals surface area contributed by atoms with Crippen molar-refractivity contribution in [2.24, 2.45) is 0 Å². The number of hydrogen-bond acceptors (Lipinski definition) is 1. The van der Waals surface area contributed by atoms with Crippen molar-refractivity contribution in [2.45, 2.75) is 37.6 Å². The fourth-order valence-corrected chi connectivity index (χ4v) is 3.73. The summed E-state index contributed by atoms with van der Waals surface area (Å²) >= 11 is 0. The molecule has 0 spiro atoms. The van der Waals surface area contributed by atoms with Gasteiger partial charge in [0.05, 0.1) is 13.7 Å². The molecule has 2 aromatic rings. The van der Waals surface area contributed by atoms with Crippen LogP contribution in [0.5, 0.6) is 5.75 Å². The summed E-state index contributed by atoms with van der Waals surface area (Å²) < 4.78 is 5.22. The summed E-state index contributed by atoms with van der Waals surface area (Å²) in [5.41, 5.74) is 3.27. The van der Waals surface area contributed by atoms with Crippen molar-refractivity contribution >= 4 is 0 Å². The molecule has 22 heavy (non-hydrogen) atoms. The molecule has 0 saturated heterocycles. The molecule has 1 aliphatic rings. The second-order valence-corrected chi connectivity index (χ2v) is 6.40. The number of benzene rings is 2. The van der Waals surface area contributed by atoms with Gasteiger partial charge < -0.3 is 10.1 Å². The first-order chi connectivity index (χ1) is 10.8. The zero-order valence-electron chi connectivity index (χ0n) is 13.4. The third-order valence-electron chi connectivity index (χ3n) is 5.02. The first-order valence-corrected chi connectivity index (χ1v) is 8.33. The molecule has 1 fully saturated rings. The third-order valence-corrected chi connectivity index (χ3v) is 5.02. The summed E-state index contributed by atoms with van der Waals surface area (Å²) in [6.07, 6.45) is 5.39. The van der Waals surface area contributed by atoms with E-state index in [0.29, 0.717) is 5.41 Å². The van der Waals surface area contributed by atoms with Gasteiger partial charge in [-0.05, 0) is 42.7 Å². The molecule has 0 aromatic heterocycles. The molecule has 0 atom stereocenters. The molecule has 3 rings (SSSR count). The van der Waals surface area contributed by atoms with Gasteiger partial charge in [0.25, 0.3) is 0 Å². The molecule has 0 heterocycles. The summed E-state index contributed by atoms with van der Waals surface area (Å²) in [6, 6.07) is 19.5. The SMILES string of the molecule is COc1ccc(C[NH2+]CC2(c3ccccc3)CCCC2)cc1. The highest BCUT2D eigenvalue weighted by Crippen LogP contribution is 2.39. The first-order valence-electron chi connectivity index (χ1n) is 8.33. The summed E-state index contributed by atoms with van der Waals surface area (Å²) in [5.74, 6) is 0.931. The molecule has 2 N–H and O–H groups in total. The molecule has 2 nitrogen and oxygen atoms in total. The Kier molecular flexibility index (Phi) is 4.79. The molecule has 2 heteroatoms. The Morgan fingerprint density at radius 3 is 2.27 bits per heavy atom. The van der Waals surface area contributed by atoms with E-state index >= 15 is 0 Å². The molecular weight excluding hydrogens is 270 g/mol. The predicted molar refractivity (Wildman–Crippen MR) is 90.1 cm³/mol. The van der Waals surface area contributed by atoms with Gasteiger partial charge in [-0.2, -0.15) is 0 Å². The lowest BCUT2D eigenvalue weighted by Crippen LogP contribution is -2.86. The highest BCUT2D eigenvalue weighted by atomic mass is 16.5. The monoisotopic (exact) mass is 296 g/mol. The molecule has 0 amide bonds. The van der Waals surface area contributed by atoms with Crippen molar-refractivity contribution in [1.29, 1.82) is 0 Å². The molecular formula is C20H26NO+. The summed E-state index contributed by atoms with van der Waals surface area (Å²) in [5, 5.41) is 2.47. The minimum atomic E-state index is 0.383. The van der Waals surface area contributed by atoms with Crippen LogP contribution in [0.1, 0.15) is 36.8 Å². The van der Waals surface area contributed by atoms with Crippen LogP contribution in [0.3, 0.4) is 0 Å². The minimum Gasteiger partial charge on any atom is -0.497 e. The number of rotatable bonds is 6. The largest absolute Gasteiger partial charge is 0.497 e. The molecule has 1 aliphatic carbocycles. The normalized spacial score (nSPS) is 16.6. The molecule has 116 valence electrons. The highest BCUT2D eigenvalue weighted by Gasteiger charge is 2.37. The Morgan fingerprint density at radius 2 is 1.64 bits per heavy atom. The van der Waals surface area contributed by atoms with E-state index < -0.39 is 0 Å². The Morgan fingerprint density at radius 1 is 0.955 bits per heavy atom. The first kappa shape index (κ1) is 15.1. The summed E-state index contributed by atoms with van der Waals surface area (Å²) in [6.45, 7) is 2.22. The van der Waals surface area contributed by atoms with Gasteiger partial charge in [0.2, 0.25) is 0 Å². The Hall–Kier alpha value is -1.80. The van der Waals surface area contributed by atoms with Crippen LogP contribution < -0.4 is 10.1 Å². The third kappa shape index (κ3) is 3.33. The summed E-state index contributed by atoms with van der Waals surface area (Å²) in [7, 11) is 1.71. The van der Waals surface area contributed by atoms with Crippen LogP contribution >= 0.6 is 0 Å². The van der Waals surface area contributed by atoms with Gasteiger partial charge in [-0.15, -0.1) is 0 Å². The number of nitrogens with two attached hydrogens (primary N) is 1. The Labute approximate surface area is 133 Å². The molecule has 0 aliphatic heterocycles. The van der Waals surface area contributed by atoms with Crippen LogP contribution in [-0.2, 0) is 12.0 Å². The van der Waals surface area contributed by atoms with Crippen LogP contribution in [0.4, 0.5) is 0 Å². The Bertz CT molecular complexity index is 570. The lowest BCUT2D eigenvalue weighted by atomic mass is 9.79. The van der Waals surface area contributed by atoms with Crippen LogP contribution in [0, 0.1) is 0 Å². The molecule has 2 aromatic carbocycles. The van der Waals surface area contributed by atoms with Crippen LogP contribution in [0.15, 0.2) is 54.6 Å². The van der Waals surface area contributed by atoms with E-state index in [2.05, 4.69) is 47.8 Å². The number of ether oxygens (including phenoxy) is 1. The van der Waals surface area contributed by atoms with Crippen molar-refractivity contribution in [3.05, 3.63) is 65.7 Å². The lowest BCUT2D eigenvalue weighted by Gasteiger charge is -2.27. The highest BCUT2D eigenvalue weighted by molar-refractivity contribution is 5.27. The van der Waals surface area contributed by atoms with Crippen molar-refractivity contribution in [3.63, 3.8) is 0 Å². The van der Waals surface area contributed by atoms with E-state index in [1.807, 2.05) is 12.1 Å². The maximum absolute atomic E-state index is 5.22. The average Bonchev–Trinajstić information content (AvgIpc) is 3.06. The zero-order valence-corrected chi connectivity index (χ0v) is 13.4. The minimum absolute atomic E-state index is 0.383. The van der Waals surface area contributed by atoms with Gasteiger partial charge in [0.1, 0.15) is 12.3 Å². The number of methoxy groups -OCH3 is 1. The van der Waals surface area contributed by atoms with Gasteiger partial charge in [0, 0.05) is 11.0 Å². The smallest absolute Gasteiger partial charge is 0.118 e. The predicted octanol–water partition coefficient (Wildman–Crippen LogP) is 3.27. The number of quaternary nitrogens is 1. The van der Waals surface area contributed by atoms with Gasteiger partial charge in [0.15, 0.2) is 0 Å². The molecule has 0 bridgehead atoms. The van der Waals surface area contributed by atoms with Crippen molar-refractivity contribution in [2.75, 3.05) is 13.7 Å². The van der Waals surface area contributed by atoms with E-state index in [9.17, 15) is 0 Å². The van der Waals surface area contributed by atoms with Gasteiger partial charge >= 0.3 is 0 Å². The fraction of sp³-hybridized carbons (Fsp3) is 0.400. The second kappa shape index (κ2) is 6.97. The van der Waals surface area contributed by atoms with E-state index in [0.717, 1.165) is 12.3 Å². The Balaban J connectivity index is 1.62. The van der Waals surface area contributed by atoms with Crippen LogP contribution in [-0.4, -0.2) is 13.7 Å². The van der Waals surface area contributed by atoms with E-state index in [4.69, 9.17) is 4.74 Å². The second-order valence-electron chi connectivity index (χ2n) is 6.40. The van der Waals surface area contributed by atoms with Crippen LogP contribution in [0.25, 0.3) is 0 Å². The van der Waals surface area contributed by atoms with Crippen molar-refractivity contribution < 1.29 is 10.1 Å².